The average molecular weight is 591 g/mol. The predicted octanol–water partition coefficient (Wildman–Crippen LogP) is 11.9. The maximum absolute atomic E-state index is 10.4. The van der Waals surface area contributed by atoms with Gasteiger partial charge in [-0.3, -0.25) is 0 Å². The number of aliphatic hydroxyl groups is 2. The summed E-state index contributed by atoms with van der Waals surface area (Å²) < 4.78 is 0. The van der Waals surface area contributed by atoms with Crippen molar-refractivity contribution >= 4 is 0 Å². The topological polar surface area (TPSA) is 40.5 Å². The molecule has 0 radical (unpaired) electrons. The number of hydrogen-bond acceptors (Lipinski definition) is 2. The van der Waals surface area contributed by atoms with E-state index in [1.807, 2.05) is 0 Å². The lowest BCUT2D eigenvalue weighted by molar-refractivity contribution is -0.0305. The van der Waals surface area contributed by atoms with Crippen molar-refractivity contribution in [1.82, 2.24) is 0 Å². The van der Waals surface area contributed by atoms with Crippen molar-refractivity contribution in [2.75, 3.05) is 0 Å². The molecule has 0 heterocycles. The lowest BCUT2D eigenvalue weighted by Crippen LogP contribution is -2.41. The van der Waals surface area contributed by atoms with Gasteiger partial charge in [-0.15, -0.1) is 0 Å². The van der Waals surface area contributed by atoms with Crippen molar-refractivity contribution in [3.8, 4) is 0 Å². The van der Waals surface area contributed by atoms with Crippen LogP contribution in [0.1, 0.15) is 185 Å². The molecule has 0 aromatic heterocycles. The van der Waals surface area contributed by atoms with Gasteiger partial charge in [-0.1, -0.05) is 146 Å². The highest BCUT2D eigenvalue weighted by molar-refractivity contribution is 4.91. The molecule has 2 heteroatoms. The molecule has 0 aromatic rings. The average Bonchev–Trinajstić information content (AvgIpc) is 2.91. The van der Waals surface area contributed by atoms with Gasteiger partial charge in [0.2, 0.25) is 0 Å². The number of hydrogen-bond donors (Lipinski definition) is 2. The zero-order chi connectivity index (χ0) is 31.5. The van der Waals surface area contributed by atoms with Gasteiger partial charge in [0.05, 0.1) is 12.2 Å². The van der Waals surface area contributed by atoms with E-state index in [4.69, 9.17) is 0 Å². The molecular weight excluding hydrogens is 512 g/mol. The van der Waals surface area contributed by atoms with Gasteiger partial charge in [-0.2, -0.15) is 0 Å². The molecule has 10 unspecified atom stereocenters. The third-order valence-electron chi connectivity index (χ3n) is 13.0. The Balaban J connectivity index is 1.49. The standard InChI is InChI=1S/C40H78O2/c1-29(17-13-19-31(3)21-23-35-33(5)37(41)25-27-39(35,7)8)15-11-12-16-30(2)18-14-20-32(4)22-24-36-34(6)38(42)26-28-40(36,9)10/h29-38,41-42H,11-28H2,1-10H3. The fourth-order valence-electron chi connectivity index (χ4n) is 9.32. The van der Waals surface area contributed by atoms with E-state index in [1.165, 1.54) is 103 Å². The maximum Gasteiger partial charge on any atom is 0.0568 e. The number of aliphatic hydroxyl groups excluding tert-OH is 2. The zero-order valence-corrected chi connectivity index (χ0v) is 30.4. The molecular formula is C40H78O2. The Hall–Kier alpha value is -0.0800. The second-order valence-corrected chi connectivity index (χ2v) is 17.8. The van der Waals surface area contributed by atoms with Crippen LogP contribution in [0.5, 0.6) is 0 Å². The van der Waals surface area contributed by atoms with E-state index >= 15 is 0 Å². The van der Waals surface area contributed by atoms with Crippen molar-refractivity contribution in [3.63, 3.8) is 0 Å². The molecule has 2 aliphatic rings. The highest BCUT2D eigenvalue weighted by Gasteiger charge is 2.41. The SMILES string of the molecule is CC(CCCCC(C)CCCC(C)CCC1C(C)C(O)CCC1(C)C)CCCC(C)CCC1C(C)C(O)CCC1(C)C. The van der Waals surface area contributed by atoms with Crippen LogP contribution in [0.15, 0.2) is 0 Å². The molecule has 2 fully saturated rings. The van der Waals surface area contributed by atoms with Crippen LogP contribution < -0.4 is 0 Å². The van der Waals surface area contributed by atoms with Crippen LogP contribution in [0.25, 0.3) is 0 Å². The van der Waals surface area contributed by atoms with E-state index < -0.39 is 0 Å². The third kappa shape index (κ3) is 12.7. The molecule has 0 amide bonds. The first-order valence-electron chi connectivity index (χ1n) is 19.0. The summed E-state index contributed by atoms with van der Waals surface area (Å²) in [6.45, 7) is 24.2. The van der Waals surface area contributed by atoms with Gasteiger partial charge in [0, 0.05) is 0 Å². The van der Waals surface area contributed by atoms with Crippen molar-refractivity contribution < 1.29 is 10.2 Å². The van der Waals surface area contributed by atoms with E-state index in [9.17, 15) is 10.2 Å². The first kappa shape index (κ1) is 38.1. The van der Waals surface area contributed by atoms with Crippen molar-refractivity contribution in [2.45, 2.75) is 197 Å². The lowest BCUT2D eigenvalue weighted by atomic mass is 9.61. The summed E-state index contributed by atoms with van der Waals surface area (Å²) in [5.41, 5.74) is 0.777. The van der Waals surface area contributed by atoms with Crippen LogP contribution in [0.3, 0.4) is 0 Å². The van der Waals surface area contributed by atoms with Crippen LogP contribution in [-0.2, 0) is 0 Å². The lowest BCUT2D eigenvalue weighted by Gasteiger charge is -2.46. The van der Waals surface area contributed by atoms with E-state index in [1.54, 1.807) is 0 Å². The minimum atomic E-state index is -0.0825. The second-order valence-electron chi connectivity index (χ2n) is 17.8. The smallest absolute Gasteiger partial charge is 0.0568 e. The molecule has 0 aromatic carbocycles. The first-order valence-corrected chi connectivity index (χ1v) is 19.0. The third-order valence-corrected chi connectivity index (χ3v) is 13.0. The number of rotatable bonds is 19. The number of unbranched alkanes of at least 4 members (excludes halogenated alkanes) is 1. The van der Waals surface area contributed by atoms with Gasteiger partial charge in [0.15, 0.2) is 0 Å². The Labute approximate surface area is 265 Å². The normalized spacial score (nSPS) is 32.3. The molecule has 10 atom stereocenters. The molecule has 2 nitrogen and oxygen atoms in total. The monoisotopic (exact) mass is 591 g/mol. The minimum absolute atomic E-state index is 0.0825. The Morgan fingerprint density at radius 2 is 0.786 bits per heavy atom. The van der Waals surface area contributed by atoms with Crippen LogP contribution in [0, 0.1) is 58.2 Å². The Kier molecular flexibility index (Phi) is 16.5. The summed E-state index contributed by atoms with van der Waals surface area (Å²) in [6, 6.07) is 0. The summed E-state index contributed by atoms with van der Waals surface area (Å²) in [7, 11) is 0. The fourth-order valence-corrected chi connectivity index (χ4v) is 9.32. The molecule has 2 saturated carbocycles. The molecule has 0 spiro atoms. The molecule has 0 bridgehead atoms. The minimum Gasteiger partial charge on any atom is -0.393 e. The van der Waals surface area contributed by atoms with Gasteiger partial charge in [-0.05, 0) is 96.7 Å². The van der Waals surface area contributed by atoms with Gasteiger partial charge in [-0.25, -0.2) is 0 Å². The Morgan fingerprint density at radius 3 is 1.12 bits per heavy atom. The second kappa shape index (κ2) is 18.2. The van der Waals surface area contributed by atoms with E-state index in [0.29, 0.717) is 34.5 Å². The van der Waals surface area contributed by atoms with Gasteiger partial charge < -0.3 is 10.2 Å². The summed E-state index contributed by atoms with van der Waals surface area (Å²) in [5.74, 6) is 5.64. The largest absolute Gasteiger partial charge is 0.393 e. The van der Waals surface area contributed by atoms with E-state index in [2.05, 4.69) is 69.2 Å². The van der Waals surface area contributed by atoms with Gasteiger partial charge in [0.25, 0.3) is 0 Å². The van der Waals surface area contributed by atoms with Gasteiger partial charge >= 0.3 is 0 Å². The van der Waals surface area contributed by atoms with Crippen LogP contribution in [0.2, 0.25) is 0 Å². The first-order chi connectivity index (χ1) is 19.6. The van der Waals surface area contributed by atoms with Gasteiger partial charge in [0.1, 0.15) is 0 Å². The Morgan fingerprint density at radius 1 is 0.500 bits per heavy atom. The molecule has 0 aliphatic heterocycles. The van der Waals surface area contributed by atoms with Crippen molar-refractivity contribution in [3.05, 3.63) is 0 Å². The highest BCUT2D eigenvalue weighted by Crippen LogP contribution is 2.48. The predicted molar refractivity (Wildman–Crippen MR) is 185 cm³/mol. The van der Waals surface area contributed by atoms with Crippen LogP contribution >= 0.6 is 0 Å². The maximum atomic E-state index is 10.4. The summed E-state index contributed by atoms with van der Waals surface area (Å²) in [4.78, 5) is 0. The summed E-state index contributed by atoms with van der Waals surface area (Å²) >= 11 is 0. The van der Waals surface area contributed by atoms with Crippen molar-refractivity contribution in [1.29, 1.82) is 0 Å². The molecule has 0 saturated heterocycles. The van der Waals surface area contributed by atoms with E-state index in [-0.39, 0.29) is 12.2 Å². The van der Waals surface area contributed by atoms with E-state index in [0.717, 1.165) is 36.5 Å². The molecule has 2 N–H and O–H groups in total. The molecule has 42 heavy (non-hydrogen) atoms. The fraction of sp³-hybridized carbons (Fsp3) is 1.00. The summed E-state index contributed by atoms with van der Waals surface area (Å²) in [6.07, 6.45) is 23.4. The molecule has 2 rings (SSSR count). The molecule has 250 valence electrons. The Bertz CT molecular complexity index is 652. The quantitative estimate of drug-likeness (QED) is 0.147. The highest BCUT2D eigenvalue weighted by atomic mass is 16.3. The molecule has 2 aliphatic carbocycles. The summed E-state index contributed by atoms with van der Waals surface area (Å²) in [5, 5.41) is 20.8. The zero-order valence-electron chi connectivity index (χ0n) is 30.4. The van der Waals surface area contributed by atoms with Crippen LogP contribution in [0.4, 0.5) is 0 Å². The van der Waals surface area contributed by atoms with Crippen molar-refractivity contribution in [2.24, 2.45) is 58.2 Å². The van der Waals surface area contributed by atoms with Crippen LogP contribution in [-0.4, -0.2) is 22.4 Å².